The molecule has 29 heavy (non-hydrogen) atoms. The first-order chi connectivity index (χ1) is 14.1. The Morgan fingerprint density at radius 2 is 1.79 bits per heavy atom. The molecule has 4 unspecified atom stereocenters. The van der Waals surface area contributed by atoms with Crippen LogP contribution in [0.25, 0.3) is 0 Å². The maximum Gasteiger partial charge on any atom is 0.244 e. The number of rotatable bonds is 3. The minimum Gasteiger partial charge on any atom is -0.443 e. The van der Waals surface area contributed by atoms with Crippen molar-refractivity contribution >= 4 is 5.90 Å². The van der Waals surface area contributed by atoms with E-state index in [0.29, 0.717) is 17.5 Å². The minimum absolute atomic E-state index is 0.371. The van der Waals surface area contributed by atoms with Crippen molar-refractivity contribution in [2.24, 2.45) is 16.7 Å². The van der Waals surface area contributed by atoms with Crippen molar-refractivity contribution in [2.45, 2.75) is 25.2 Å². The number of ether oxygens (including phenoxy) is 2. The Balaban J connectivity index is 2.08. The van der Waals surface area contributed by atoms with Gasteiger partial charge in [0.2, 0.25) is 17.1 Å². The van der Waals surface area contributed by atoms with Crippen LogP contribution < -0.4 is 0 Å². The van der Waals surface area contributed by atoms with Gasteiger partial charge in [0, 0.05) is 23.5 Å². The molecule has 2 aromatic rings. The number of nitrogens with one attached hydrogen (secondary N) is 1. The highest BCUT2D eigenvalue weighted by Gasteiger charge is 2.80. The van der Waals surface area contributed by atoms with Gasteiger partial charge in [0.05, 0.1) is 24.1 Å². The maximum atomic E-state index is 10.3. The number of nitriles is 3. The molecular weight excluding hydrogens is 366 g/mol. The number of benzene rings is 1. The van der Waals surface area contributed by atoms with E-state index in [9.17, 15) is 15.8 Å². The van der Waals surface area contributed by atoms with Crippen LogP contribution >= 0.6 is 0 Å². The van der Waals surface area contributed by atoms with Gasteiger partial charge in [-0.25, -0.2) is 0 Å². The maximum absolute atomic E-state index is 10.3. The second-order valence-electron chi connectivity index (χ2n) is 7.16. The van der Waals surface area contributed by atoms with E-state index in [0.717, 1.165) is 0 Å². The summed E-state index contributed by atoms with van der Waals surface area (Å²) in [6.07, 6.45) is 2.32. The molecule has 2 fully saturated rings. The van der Waals surface area contributed by atoms with Gasteiger partial charge in [0.1, 0.15) is 6.10 Å². The van der Waals surface area contributed by atoms with Crippen molar-refractivity contribution in [1.82, 2.24) is 4.98 Å². The fourth-order valence-electron chi connectivity index (χ4n) is 4.73. The largest absolute Gasteiger partial charge is 0.443 e. The van der Waals surface area contributed by atoms with Crippen molar-refractivity contribution in [3.05, 3.63) is 66.0 Å². The van der Waals surface area contributed by atoms with Crippen LogP contribution in [-0.4, -0.2) is 10.9 Å². The van der Waals surface area contributed by atoms with Crippen LogP contribution in [0, 0.1) is 56.2 Å². The third-order valence-corrected chi connectivity index (χ3v) is 6.00. The van der Waals surface area contributed by atoms with Gasteiger partial charge in [0.25, 0.3) is 0 Å². The van der Waals surface area contributed by atoms with Crippen molar-refractivity contribution in [3.8, 4) is 18.2 Å². The first-order valence-electron chi connectivity index (χ1n) is 9.21. The molecule has 1 aromatic carbocycles. The third kappa shape index (κ3) is 2.07. The lowest BCUT2D eigenvalue weighted by molar-refractivity contribution is -0.292. The normalized spacial score (nSPS) is 31.7. The van der Waals surface area contributed by atoms with E-state index in [1.807, 2.05) is 37.3 Å². The highest BCUT2D eigenvalue weighted by molar-refractivity contribution is 5.89. The standard InChI is InChI=1S/C22H17N5O2/c1-2-17-21(14-25)19(26)29-22(17,16-8-4-3-5-9-16)28-18(20(21,12-23)13-24)15-7-6-10-27-11-15/h3-11,17-18,26H,2H2,1H3. The lowest BCUT2D eigenvalue weighted by Crippen LogP contribution is -2.58. The van der Waals surface area contributed by atoms with Crippen LogP contribution in [0.5, 0.6) is 0 Å². The van der Waals surface area contributed by atoms with E-state index in [2.05, 4.69) is 11.1 Å². The van der Waals surface area contributed by atoms with E-state index >= 15 is 0 Å². The van der Waals surface area contributed by atoms with Crippen molar-refractivity contribution in [3.63, 3.8) is 0 Å². The van der Waals surface area contributed by atoms with Crippen LogP contribution in [0.4, 0.5) is 0 Å². The van der Waals surface area contributed by atoms with Crippen LogP contribution in [-0.2, 0) is 15.3 Å². The minimum atomic E-state index is -1.97. The third-order valence-electron chi connectivity index (χ3n) is 6.00. The second-order valence-corrected chi connectivity index (χ2v) is 7.16. The van der Waals surface area contributed by atoms with Crippen LogP contribution in [0.15, 0.2) is 54.9 Å². The zero-order chi connectivity index (χ0) is 20.7. The zero-order valence-electron chi connectivity index (χ0n) is 15.7. The van der Waals surface area contributed by atoms with Gasteiger partial charge in [-0.15, -0.1) is 0 Å². The van der Waals surface area contributed by atoms with Gasteiger partial charge in [0.15, 0.2) is 5.41 Å². The molecule has 2 bridgehead atoms. The fourth-order valence-corrected chi connectivity index (χ4v) is 4.73. The Morgan fingerprint density at radius 1 is 1.07 bits per heavy atom. The predicted octanol–water partition coefficient (Wildman–Crippen LogP) is 3.58. The molecular formula is C22H17N5O2. The molecule has 3 heterocycles. The van der Waals surface area contributed by atoms with Crippen LogP contribution in [0.1, 0.15) is 30.6 Å². The van der Waals surface area contributed by atoms with Crippen molar-refractivity contribution in [2.75, 3.05) is 0 Å². The van der Waals surface area contributed by atoms with E-state index in [1.165, 1.54) is 6.20 Å². The number of hydrogen-bond donors (Lipinski definition) is 1. The van der Waals surface area contributed by atoms with E-state index < -0.39 is 34.5 Å². The number of pyridine rings is 1. The average molecular weight is 383 g/mol. The highest BCUT2D eigenvalue weighted by atomic mass is 16.7. The van der Waals surface area contributed by atoms with Gasteiger partial charge < -0.3 is 9.47 Å². The lowest BCUT2D eigenvalue weighted by Gasteiger charge is -2.49. The first-order valence-corrected chi connectivity index (χ1v) is 9.21. The average Bonchev–Trinajstić information content (AvgIpc) is 2.99. The molecule has 0 aliphatic carbocycles. The fraction of sp³-hybridized carbons (Fsp3) is 0.318. The molecule has 0 saturated carbocycles. The van der Waals surface area contributed by atoms with Crippen molar-refractivity contribution < 1.29 is 9.47 Å². The molecule has 7 heteroatoms. The molecule has 2 saturated heterocycles. The summed E-state index contributed by atoms with van der Waals surface area (Å²) in [5, 5.41) is 39.3. The summed E-state index contributed by atoms with van der Waals surface area (Å²) in [6.45, 7) is 1.84. The number of aromatic nitrogens is 1. The molecule has 0 amide bonds. The van der Waals surface area contributed by atoms with E-state index in [-0.39, 0.29) is 0 Å². The van der Waals surface area contributed by atoms with E-state index in [1.54, 1.807) is 30.5 Å². The smallest absolute Gasteiger partial charge is 0.244 e. The summed E-state index contributed by atoms with van der Waals surface area (Å²) in [5.74, 6) is -2.59. The molecule has 142 valence electrons. The van der Waals surface area contributed by atoms with Crippen LogP contribution in [0.3, 0.4) is 0 Å². The molecule has 4 rings (SSSR count). The Kier molecular flexibility index (Phi) is 4.12. The summed E-state index contributed by atoms with van der Waals surface area (Å²) in [4.78, 5) is 4.09. The van der Waals surface area contributed by atoms with Gasteiger partial charge in [-0.1, -0.05) is 43.3 Å². The first kappa shape index (κ1) is 18.6. The molecule has 0 radical (unpaired) electrons. The SMILES string of the molecule is CCC1C2(c3ccccc3)OC(=N)C1(C#N)C(C#N)(C#N)C(c1cccnc1)O2. The summed E-state index contributed by atoms with van der Waals surface area (Å²) < 4.78 is 12.4. The molecule has 0 spiro atoms. The van der Waals surface area contributed by atoms with Gasteiger partial charge in [-0.3, -0.25) is 10.4 Å². The quantitative estimate of drug-likeness (QED) is 0.863. The molecule has 4 atom stereocenters. The Labute approximate surface area is 168 Å². The Morgan fingerprint density at radius 3 is 2.34 bits per heavy atom. The predicted molar refractivity (Wildman–Crippen MR) is 100 cm³/mol. The topological polar surface area (TPSA) is 127 Å². The molecule has 1 aromatic heterocycles. The summed E-state index contributed by atoms with van der Waals surface area (Å²) in [7, 11) is 0. The summed E-state index contributed by atoms with van der Waals surface area (Å²) in [6, 6.07) is 18.7. The Bertz CT molecular complexity index is 1070. The highest BCUT2D eigenvalue weighted by Crippen LogP contribution is 2.69. The lowest BCUT2D eigenvalue weighted by atomic mass is 9.52. The van der Waals surface area contributed by atoms with Gasteiger partial charge >= 0.3 is 0 Å². The molecule has 1 N–H and O–H groups in total. The number of nitrogens with zero attached hydrogens (tertiary/aromatic N) is 4. The molecule has 7 nitrogen and oxygen atoms in total. The van der Waals surface area contributed by atoms with Crippen LogP contribution in [0.2, 0.25) is 0 Å². The van der Waals surface area contributed by atoms with Crippen molar-refractivity contribution in [1.29, 1.82) is 21.2 Å². The second kappa shape index (κ2) is 6.41. The van der Waals surface area contributed by atoms with Gasteiger partial charge in [-0.2, -0.15) is 15.8 Å². The van der Waals surface area contributed by atoms with Gasteiger partial charge in [-0.05, 0) is 12.5 Å². The summed E-state index contributed by atoms with van der Waals surface area (Å²) >= 11 is 0. The molecule has 2 aliphatic rings. The monoisotopic (exact) mass is 383 g/mol. The number of hydrogen-bond acceptors (Lipinski definition) is 7. The summed E-state index contributed by atoms with van der Waals surface area (Å²) in [5.41, 5.74) is -2.66. The Hall–Kier alpha value is -3.73. The molecule has 2 aliphatic heterocycles. The zero-order valence-corrected chi connectivity index (χ0v) is 15.7. The van der Waals surface area contributed by atoms with E-state index in [4.69, 9.17) is 14.9 Å². The number of fused-ring (bicyclic) bond motifs is 2.